The number of nitrogens with one attached hydrogen (secondary N) is 1. The van der Waals surface area contributed by atoms with Crippen molar-refractivity contribution in [3.05, 3.63) is 29.8 Å². The number of carbonyl (C=O) groups excluding carboxylic acids is 1. The van der Waals surface area contributed by atoms with Crippen LogP contribution in [0.3, 0.4) is 0 Å². The number of rotatable bonds is 8. The molecule has 0 amide bonds. The summed E-state index contributed by atoms with van der Waals surface area (Å²) in [6.07, 6.45) is -4.40. The highest BCUT2D eigenvalue weighted by molar-refractivity contribution is 5.59. The Morgan fingerprint density at radius 1 is 1.15 bits per heavy atom. The van der Waals surface area contributed by atoms with Crippen molar-refractivity contribution in [2.75, 3.05) is 6.61 Å². The molecule has 6 N–H and O–H groups in total. The maximum absolute atomic E-state index is 10.9. The molecule has 20 heavy (non-hydrogen) atoms. The second-order valence-electron chi connectivity index (χ2n) is 4.40. The van der Waals surface area contributed by atoms with Crippen LogP contribution >= 0.6 is 0 Å². The molecule has 0 saturated heterocycles. The van der Waals surface area contributed by atoms with Gasteiger partial charge in [0.15, 0.2) is 0 Å². The summed E-state index contributed by atoms with van der Waals surface area (Å²) < 4.78 is 0. The first-order valence-electron chi connectivity index (χ1n) is 6.11. The Morgan fingerprint density at radius 2 is 1.80 bits per heavy atom. The molecular formula is C13H19NO6. The Balaban J connectivity index is 2.63. The average molecular weight is 285 g/mol. The number of para-hydroxylation sites is 1. The first-order valence-corrected chi connectivity index (χ1v) is 6.11. The lowest BCUT2D eigenvalue weighted by atomic mass is 10.0. The Labute approximate surface area is 116 Å². The minimum absolute atomic E-state index is 0.0371. The Hall–Kier alpha value is -1.51. The SMILES string of the molecule is O=C[C@H](NCc1ccccc1O)[C@@H](O)[C@H](O)[C@H](O)CO. The van der Waals surface area contributed by atoms with E-state index in [0.717, 1.165) is 0 Å². The van der Waals surface area contributed by atoms with Gasteiger partial charge in [-0.2, -0.15) is 0 Å². The van der Waals surface area contributed by atoms with Crippen LogP contribution in [-0.2, 0) is 11.3 Å². The zero-order valence-corrected chi connectivity index (χ0v) is 10.8. The fourth-order valence-corrected chi connectivity index (χ4v) is 1.69. The quantitative estimate of drug-likeness (QED) is 0.308. The van der Waals surface area contributed by atoms with Gasteiger partial charge in [0, 0.05) is 12.1 Å². The fraction of sp³-hybridized carbons (Fsp3) is 0.462. The highest BCUT2D eigenvalue weighted by atomic mass is 16.4. The summed E-state index contributed by atoms with van der Waals surface area (Å²) in [4.78, 5) is 10.9. The number of hydrogen-bond donors (Lipinski definition) is 6. The Kier molecular flexibility index (Phi) is 6.56. The van der Waals surface area contributed by atoms with Crippen LogP contribution in [0.4, 0.5) is 0 Å². The van der Waals surface area contributed by atoms with E-state index in [9.17, 15) is 25.2 Å². The molecule has 0 aliphatic heterocycles. The molecule has 0 radical (unpaired) electrons. The Morgan fingerprint density at radius 3 is 2.35 bits per heavy atom. The topological polar surface area (TPSA) is 130 Å². The predicted octanol–water partition coefficient (Wildman–Crippen LogP) is -1.88. The van der Waals surface area contributed by atoms with E-state index in [-0.39, 0.29) is 12.3 Å². The van der Waals surface area contributed by atoms with E-state index in [1.165, 1.54) is 6.07 Å². The van der Waals surface area contributed by atoms with E-state index in [1.54, 1.807) is 18.2 Å². The van der Waals surface area contributed by atoms with Crippen molar-refractivity contribution >= 4 is 6.29 Å². The average Bonchev–Trinajstić information content (AvgIpc) is 2.47. The molecule has 1 aromatic carbocycles. The molecule has 7 heteroatoms. The molecule has 7 nitrogen and oxygen atoms in total. The van der Waals surface area contributed by atoms with E-state index in [4.69, 9.17) is 5.11 Å². The first kappa shape index (κ1) is 16.5. The van der Waals surface area contributed by atoms with Gasteiger partial charge >= 0.3 is 0 Å². The summed E-state index contributed by atoms with van der Waals surface area (Å²) >= 11 is 0. The maximum atomic E-state index is 10.9. The number of phenolic OH excluding ortho intramolecular Hbond substituents is 1. The lowest BCUT2D eigenvalue weighted by molar-refractivity contribution is -0.120. The molecule has 1 aromatic rings. The first-order chi connectivity index (χ1) is 9.51. The molecule has 0 spiro atoms. The summed E-state index contributed by atoms with van der Waals surface area (Å²) in [6.45, 7) is -0.641. The van der Waals surface area contributed by atoms with Gasteiger partial charge in [0.25, 0.3) is 0 Å². The van der Waals surface area contributed by atoms with Crippen LogP contribution in [0, 0.1) is 0 Å². The number of aldehydes is 1. The van der Waals surface area contributed by atoms with E-state index in [0.29, 0.717) is 11.8 Å². The van der Waals surface area contributed by atoms with E-state index in [2.05, 4.69) is 5.32 Å². The van der Waals surface area contributed by atoms with Gasteiger partial charge in [-0.15, -0.1) is 0 Å². The van der Waals surface area contributed by atoms with Crippen molar-refractivity contribution in [2.24, 2.45) is 0 Å². The highest BCUT2D eigenvalue weighted by Gasteiger charge is 2.30. The summed E-state index contributed by atoms with van der Waals surface area (Å²) in [6, 6.07) is 5.31. The number of carbonyl (C=O) groups is 1. The predicted molar refractivity (Wildman–Crippen MR) is 69.9 cm³/mol. The van der Waals surface area contributed by atoms with Gasteiger partial charge < -0.3 is 35.6 Å². The zero-order chi connectivity index (χ0) is 15.1. The molecular weight excluding hydrogens is 266 g/mol. The highest BCUT2D eigenvalue weighted by Crippen LogP contribution is 2.15. The van der Waals surface area contributed by atoms with Crippen LogP contribution in [0.1, 0.15) is 5.56 Å². The largest absolute Gasteiger partial charge is 0.508 e. The van der Waals surface area contributed by atoms with Crippen LogP contribution in [0.25, 0.3) is 0 Å². The van der Waals surface area contributed by atoms with Crippen molar-refractivity contribution in [1.82, 2.24) is 5.32 Å². The standard InChI is InChI=1S/C13H19NO6/c15-6-9(12(19)13(20)11(18)7-16)14-5-8-3-1-2-4-10(8)17/h1-4,6,9,11-14,16-20H,5,7H2/t9-,11+,12+,13+/m0/s1. The van der Waals surface area contributed by atoms with Gasteiger partial charge in [-0.05, 0) is 6.07 Å². The number of benzene rings is 1. The lowest BCUT2D eigenvalue weighted by Crippen LogP contribution is -2.51. The van der Waals surface area contributed by atoms with E-state index >= 15 is 0 Å². The van der Waals surface area contributed by atoms with Crippen LogP contribution in [0.2, 0.25) is 0 Å². The van der Waals surface area contributed by atoms with Gasteiger partial charge in [0.2, 0.25) is 0 Å². The number of hydrogen-bond acceptors (Lipinski definition) is 7. The van der Waals surface area contributed by atoms with Crippen molar-refractivity contribution < 1.29 is 30.3 Å². The molecule has 0 aliphatic rings. The van der Waals surface area contributed by atoms with Crippen molar-refractivity contribution in [1.29, 1.82) is 0 Å². The summed E-state index contributed by atoms with van der Waals surface area (Å²) in [5, 5.41) is 49.4. The smallest absolute Gasteiger partial charge is 0.139 e. The van der Waals surface area contributed by atoms with E-state index in [1.807, 2.05) is 0 Å². The lowest BCUT2D eigenvalue weighted by Gasteiger charge is -2.26. The molecule has 112 valence electrons. The summed E-state index contributed by atoms with van der Waals surface area (Å²) in [5.41, 5.74) is 0.517. The third-order valence-electron chi connectivity index (χ3n) is 2.97. The summed E-state index contributed by atoms with van der Waals surface area (Å²) in [5.74, 6) is 0.0371. The number of aromatic hydroxyl groups is 1. The minimum atomic E-state index is -1.66. The molecule has 0 heterocycles. The van der Waals surface area contributed by atoms with Crippen LogP contribution < -0.4 is 5.32 Å². The second kappa shape index (κ2) is 7.93. The normalized spacial score (nSPS) is 17.2. The molecule has 0 bridgehead atoms. The van der Waals surface area contributed by atoms with Gasteiger partial charge in [0.05, 0.1) is 12.6 Å². The molecule has 0 aromatic heterocycles. The number of phenols is 1. The van der Waals surface area contributed by atoms with Crippen LogP contribution in [0.15, 0.2) is 24.3 Å². The van der Waals surface area contributed by atoms with Gasteiger partial charge in [0.1, 0.15) is 30.3 Å². The fourth-order valence-electron chi connectivity index (χ4n) is 1.69. The Bertz CT molecular complexity index is 427. The zero-order valence-electron chi connectivity index (χ0n) is 10.8. The molecule has 4 atom stereocenters. The van der Waals surface area contributed by atoms with Crippen molar-refractivity contribution in [3.63, 3.8) is 0 Å². The molecule has 0 unspecified atom stereocenters. The minimum Gasteiger partial charge on any atom is -0.508 e. The molecule has 0 aliphatic carbocycles. The van der Waals surface area contributed by atoms with Gasteiger partial charge in [-0.25, -0.2) is 0 Å². The molecule has 0 saturated carbocycles. The third-order valence-corrected chi connectivity index (χ3v) is 2.97. The third kappa shape index (κ3) is 4.26. The summed E-state index contributed by atoms with van der Waals surface area (Å²) in [7, 11) is 0. The van der Waals surface area contributed by atoms with E-state index < -0.39 is 31.0 Å². The van der Waals surface area contributed by atoms with Crippen LogP contribution in [-0.4, -0.2) is 62.8 Å². The number of aliphatic hydroxyl groups excluding tert-OH is 4. The maximum Gasteiger partial charge on any atom is 0.139 e. The molecule has 1 rings (SSSR count). The van der Waals surface area contributed by atoms with Gasteiger partial charge in [-0.3, -0.25) is 0 Å². The number of aliphatic hydroxyl groups is 4. The molecule has 0 fully saturated rings. The monoisotopic (exact) mass is 285 g/mol. The van der Waals surface area contributed by atoms with Crippen LogP contribution in [0.5, 0.6) is 5.75 Å². The van der Waals surface area contributed by atoms with Crippen molar-refractivity contribution in [2.45, 2.75) is 30.9 Å². The van der Waals surface area contributed by atoms with Gasteiger partial charge in [-0.1, -0.05) is 18.2 Å². The second-order valence-corrected chi connectivity index (χ2v) is 4.40. The van der Waals surface area contributed by atoms with Crippen molar-refractivity contribution in [3.8, 4) is 5.75 Å².